The van der Waals surface area contributed by atoms with Crippen LogP contribution in [-0.2, 0) is 11.3 Å². The van der Waals surface area contributed by atoms with Crippen molar-refractivity contribution in [1.29, 1.82) is 0 Å². The number of amides is 1. The summed E-state index contributed by atoms with van der Waals surface area (Å²) < 4.78 is 12.0. The molecule has 0 atom stereocenters. The van der Waals surface area contributed by atoms with Crippen molar-refractivity contribution in [2.75, 3.05) is 20.2 Å². The van der Waals surface area contributed by atoms with Crippen molar-refractivity contribution >= 4 is 11.9 Å². The fourth-order valence-electron chi connectivity index (χ4n) is 3.14. The maximum atomic E-state index is 12.4. The summed E-state index contributed by atoms with van der Waals surface area (Å²) in [4.78, 5) is 24.1. The van der Waals surface area contributed by atoms with E-state index in [-0.39, 0.29) is 18.5 Å². The lowest BCUT2D eigenvalue weighted by Gasteiger charge is -2.23. The number of ether oxygens (including phenoxy) is 1. The maximum absolute atomic E-state index is 12.4. The first kappa shape index (κ1) is 18.1. The van der Waals surface area contributed by atoms with Gasteiger partial charge in [0.25, 0.3) is 5.91 Å². The molecule has 0 aliphatic carbocycles. The number of rotatable bonds is 5. The average molecular weight is 361 g/mol. The number of methoxy groups -OCH3 is 1. The summed E-state index contributed by atoms with van der Waals surface area (Å²) >= 11 is 0. The Kier molecular flexibility index (Phi) is 5.36. The van der Waals surface area contributed by atoms with Crippen LogP contribution in [0.3, 0.4) is 0 Å². The molecule has 1 aliphatic rings. The van der Waals surface area contributed by atoms with E-state index >= 15 is 0 Å². The fraction of sp³-hybridized carbons (Fsp3) is 0.529. The third-order valence-electron chi connectivity index (χ3n) is 4.59. The number of hydrogen-bond donors (Lipinski definition) is 2. The second-order valence-corrected chi connectivity index (χ2v) is 6.31. The number of carbonyl (C=O) groups excluding carboxylic acids is 2. The standard InChI is InChI=1S/C17H23N5O4/c1-10-15(20-21-22(10)12-4-6-18-7-5-12)16(23)19-9-13-8-14(11(2)26-13)17(24)25-3/h8,12,18H,4-7,9H2,1-3H3,(H,19,23). The minimum absolute atomic E-state index is 0.149. The van der Waals surface area contributed by atoms with E-state index in [0.29, 0.717) is 22.8 Å². The Bertz CT molecular complexity index is 804. The highest BCUT2D eigenvalue weighted by molar-refractivity contribution is 5.93. The van der Waals surface area contributed by atoms with Gasteiger partial charge in [0.05, 0.1) is 25.4 Å². The van der Waals surface area contributed by atoms with E-state index in [2.05, 4.69) is 25.7 Å². The van der Waals surface area contributed by atoms with Crippen molar-refractivity contribution in [2.24, 2.45) is 0 Å². The zero-order chi connectivity index (χ0) is 18.7. The number of aryl methyl sites for hydroxylation is 1. The molecule has 0 radical (unpaired) electrons. The molecule has 0 bridgehead atoms. The minimum atomic E-state index is -0.468. The summed E-state index contributed by atoms with van der Waals surface area (Å²) in [5.41, 5.74) is 1.41. The molecule has 0 aromatic carbocycles. The van der Waals surface area contributed by atoms with E-state index in [1.165, 1.54) is 7.11 Å². The summed E-state index contributed by atoms with van der Waals surface area (Å²) in [5, 5.41) is 14.3. The van der Waals surface area contributed by atoms with Crippen LogP contribution in [0.15, 0.2) is 10.5 Å². The lowest BCUT2D eigenvalue weighted by molar-refractivity contribution is 0.0598. The molecule has 2 N–H and O–H groups in total. The van der Waals surface area contributed by atoms with E-state index in [0.717, 1.165) is 31.6 Å². The molecular weight excluding hydrogens is 338 g/mol. The van der Waals surface area contributed by atoms with E-state index < -0.39 is 5.97 Å². The van der Waals surface area contributed by atoms with Gasteiger partial charge in [-0.3, -0.25) is 4.79 Å². The molecule has 1 amide bonds. The minimum Gasteiger partial charge on any atom is -0.465 e. The smallest absolute Gasteiger partial charge is 0.341 e. The molecule has 9 nitrogen and oxygen atoms in total. The van der Waals surface area contributed by atoms with Gasteiger partial charge in [0, 0.05) is 0 Å². The van der Waals surface area contributed by atoms with Crippen LogP contribution in [0.2, 0.25) is 0 Å². The second kappa shape index (κ2) is 7.69. The van der Waals surface area contributed by atoms with Gasteiger partial charge in [-0.15, -0.1) is 5.10 Å². The van der Waals surface area contributed by atoms with Crippen molar-refractivity contribution in [3.63, 3.8) is 0 Å². The van der Waals surface area contributed by atoms with Crippen LogP contribution >= 0.6 is 0 Å². The van der Waals surface area contributed by atoms with E-state index in [1.807, 2.05) is 11.6 Å². The highest BCUT2D eigenvalue weighted by atomic mass is 16.5. The normalized spacial score (nSPS) is 15.0. The van der Waals surface area contributed by atoms with Crippen LogP contribution < -0.4 is 10.6 Å². The Morgan fingerprint density at radius 2 is 2.12 bits per heavy atom. The number of furan rings is 1. The molecule has 3 heterocycles. The maximum Gasteiger partial charge on any atom is 0.341 e. The Labute approximate surface area is 151 Å². The van der Waals surface area contributed by atoms with E-state index in [4.69, 9.17) is 4.42 Å². The number of esters is 1. The molecule has 0 saturated carbocycles. The van der Waals surface area contributed by atoms with E-state index in [1.54, 1.807) is 13.0 Å². The number of piperidine rings is 1. The molecule has 9 heteroatoms. The number of hydrogen-bond acceptors (Lipinski definition) is 7. The number of carbonyl (C=O) groups is 2. The zero-order valence-corrected chi connectivity index (χ0v) is 15.2. The first-order valence-corrected chi connectivity index (χ1v) is 8.59. The summed E-state index contributed by atoms with van der Waals surface area (Å²) in [5.74, 6) is 0.134. The molecule has 2 aromatic rings. The van der Waals surface area contributed by atoms with Gasteiger partial charge < -0.3 is 19.8 Å². The molecule has 1 aliphatic heterocycles. The zero-order valence-electron chi connectivity index (χ0n) is 15.2. The number of nitrogens with one attached hydrogen (secondary N) is 2. The Balaban J connectivity index is 1.65. The Hall–Kier alpha value is -2.68. The first-order valence-electron chi connectivity index (χ1n) is 8.59. The SMILES string of the molecule is COC(=O)c1cc(CNC(=O)c2nnn(C3CCNCC3)c2C)oc1C. The van der Waals surface area contributed by atoms with Crippen molar-refractivity contribution in [2.45, 2.75) is 39.3 Å². The van der Waals surface area contributed by atoms with Gasteiger partial charge in [0.2, 0.25) is 0 Å². The monoisotopic (exact) mass is 361 g/mol. The van der Waals surface area contributed by atoms with Gasteiger partial charge >= 0.3 is 5.97 Å². The molecule has 0 spiro atoms. The predicted molar refractivity (Wildman–Crippen MR) is 91.9 cm³/mol. The highest BCUT2D eigenvalue weighted by Crippen LogP contribution is 2.20. The van der Waals surface area contributed by atoms with Gasteiger partial charge in [-0.05, 0) is 45.8 Å². The van der Waals surface area contributed by atoms with Crippen LogP contribution in [0.5, 0.6) is 0 Å². The predicted octanol–water partition coefficient (Wildman–Crippen LogP) is 1.13. The van der Waals surface area contributed by atoms with Gasteiger partial charge in [-0.1, -0.05) is 5.21 Å². The van der Waals surface area contributed by atoms with Crippen molar-refractivity contribution < 1.29 is 18.7 Å². The number of aromatic nitrogens is 3. The third kappa shape index (κ3) is 3.62. The second-order valence-electron chi connectivity index (χ2n) is 6.31. The average Bonchev–Trinajstić information content (AvgIpc) is 3.22. The van der Waals surface area contributed by atoms with Crippen molar-refractivity contribution in [3.05, 3.63) is 34.5 Å². The van der Waals surface area contributed by atoms with Crippen LogP contribution in [-0.4, -0.2) is 47.1 Å². The van der Waals surface area contributed by atoms with Gasteiger partial charge in [0.15, 0.2) is 5.69 Å². The largest absolute Gasteiger partial charge is 0.465 e. The quantitative estimate of drug-likeness (QED) is 0.768. The summed E-state index contributed by atoms with van der Waals surface area (Å²) in [6.45, 7) is 5.55. The summed E-state index contributed by atoms with van der Waals surface area (Å²) in [6.07, 6.45) is 1.93. The van der Waals surface area contributed by atoms with Crippen LogP contribution in [0.1, 0.15) is 56.9 Å². The molecule has 26 heavy (non-hydrogen) atoms. The van der Waals surface area contributed by atoms with Gasteiger partial charge in [0.1, 0.15) is 17.1 Å². The summed E-state index contributed by atoms with van der Waals surface area (Å²) in [7, 11) is 1.31. The third-order valence-corrected chi connectivity index (χ3v) is 4.59. The van der Waals surface area contributed by atoms with Crippen LogP contribution in [0.4, 0.5) is 0 Å². The molecular formula is C17H23N5O4. The molecule has 2 aromatic heterocycles. The molecule has 1 saturated heterocycles. The number of nitrogens with zero attached hydrogens (tertiary/aromatic N) is 3. The lowest BCUT2D eigenvalue weighted by Crippen LogP contribution is -2.30. The highest BCUT2D eigenvalue weighted by Gasteiger charge is 2.23. The Morgan fingerprint density at radius 1 is 1.38 bits per heavy atom. The van der Waals surface area contributed by atoms with Crippen LogP contribution in [0.25, 0.3) is 0 Å². The molecule has 3 rings (SSSR count). The van der Waals surface area contributed by atoms with Crippen molar-refractivity contribution in [1.82, 2.24) is 25.6 Å². The summed E-state index contributed by atoms with van der Waals surface area (Å²) in [6, 6.07) is 1.83. The lowest BCUT2D eigenvalue weighted by atomic mass is 10.1. The Morgan fingerprint density at radius 3 is 2.81 bits per heavy atom. The van der Waals surface area contributed by atoms with Gasteiger partial charge in [-0.25, -0.2) is 9.48 Å². The van der Waals surface area contributed by atoms with Crippen LogP contribution in [0, 0.1) is 13.8 Å². The topological polar surface area (TPSA) is 111 Å². The van der Waals surface area contributed by atoms with Gasteiger partial charge in [-0.2, -0.15) is 0 Å². The fourth-order valence-corrected chi connectivity index (χ4v) is 3.14. The van der Waals surface area contributed by atoms with Crippen molar-refractivity contribution in [3.8, 4) is 0 Å². The molecule has 1 fully saturated rings. The first-order chi connectivity index (χ1) is 12.5. The van der Waals surface area contributed by atoms with E-state index in [9.17, 15) is 9.59 Å². The molecule has 0 unspecified atom stereocenters. The molecule has 140 valence electrons.